The molecule has 0 bridgehead atoms. The van der Waals surface area contributed by atoms with E-state index in [9.17, 15) is 20.4 Å². The maximum atomic E-state index is 9.90. The molecule has 0 amide bonds. The van der Waals surface area contributed by atoms with E-state index in [4.69, 9.17) is 4.74 Å². The molecular formula is C14H19N5O5. The Kier molecular flexibility index (Phi) is 3.85. The molecule has 0 saturated carbocycles. The highest BCUT2D eigenvalue weighted by atomic mass is 16.5. The Balaban J connectivity index is 1.67. The van der Waals surface area contributed by atoms with Crippen LogP contribution in [0.25, 0.3) is 11.2 Å². The van der Waals surface area contributed by atoms with Gasteiger partial charge in [0.25, 0.3) is 0 Å². The van der Waals surface area contributed by atoms with E-state index in [-0.39, 0.29) is 19.7 Å². The molecule has 2 aromatic rings. The smallest absolute Gasteiger partial charge is 0.167 e. The number of nitrogens with zero attached hydrogens (tertiary/aromatic N) is 5. The van der Waals surface area contributed by atoms with Crippen molar-refractivity contribution in [3.05, 3.63) is 12.7 Å². The SMILES string of the molecule is OC[C@H]1O[C@@H](n2cnc3c(N4CC(O)C(O)C4)ncnc32)C[C@@H]1O. The number of imidazole rings is 1. The topological polar surface area (TPSA) is 137 Å². The van der Waals surface area contributed by atoms with E-state index < -0.39 is 30.6 Å². The third-order valence-electron chi connectivity index (χ3n) is 4.59. The van der Waals surface area contributed by atoms with Crippen molar-refractivity contribution < 1.29 is 25.2 Å². The number of ether oxygens (including phenoxy) is 1. The average molecular weight is 337 g/mol. The van der Waals surface area contributed by atoms with Crippen molar-refractivity contribution in [2.24, 2.45) is 0 Å². The van der Waals surface area contributed by atoms with Crippen LogP contribution in [0.4, 0.5) is 5.82 Å². The molecule has 24 heavy (non-hydrogen) atoms. The van der Waals surface area contributed by atoms with E-state index in [2.05, 4.69) is 15.0 Å². The van der Waals surface area contributed by atoms with Crippen LogP contribution in [-0.2, 0) is 4.74 Å². The predicted octanol–water partition coefficient (Wildman–Crippen LogP) is -1.99. The highest BCUT2D eigenvalue weighted by Crippen LogP contribution is 2.32. The number of hydrogen-bond donors (Lipinski definition) is 4. The summed E-state index contributed by atoms with van der Waals surface area (Å²) in [6.07, 6.45) is -0.214. The van der Waals surface area contributed by atoms with Crippen LogP contribution >= 0.6 is 0 Å². The first-order chi connectivity index (χ1) is 11.6. The number of β-amino-alcohol motifs (C(OH)–C–C–N with tert-alkyl or cyclic N) is 2. The lowest BCUT2D eigenvalue weighted by molar-refractivity contribution is -0.0432. The monoisotopic (exact) mass is 337 g/mol. The molecule has 2 aliphatic heterocycles. The molecule has 0 aliphatic carbocycles. The van der Waals surface area contributed by atoms with Gasteiger partial charge < -0.3 is 30.1 Å². The van der Waals surface area contributed by atoms with Crippen molar-refractivity contribution in [3.63, 3.8) is 0 Å². The molecule has 4 rings (SSSR count). The first-order valence-corrected chi connectivity index (χ1v) is 7.81. The van der Waals surface area contributed by atoms with E-state index in [0.29, 0.717) is 23.4 Å². The zero-order valence-corrected chi connectivity index (χ0v) is 12.8. The van der Waals surface area contributed by atoms with E-state index in [0.717, 1.165) is 0 Å². The molecule has 2 aromatic heterocycles. The van der Waals surface area contributed by atoms with Gasteiger partial charge in [-0.05, 0) is 0 Å². The number of rotatable bonds is 3. The van der Waals surface area contributed by atoms with Crippen LogP contribution in [0.15, 0.2) is 12.7 Å². The number of aliphatic hydroxyl groups excluding tert-OH is 4. The lowest BCUT2D eigenvalue weighted by Gasteiger charge is -2.17. The van der Waals surface area contributed by atoms with E-state index >= 15 is 0 Å². The lowest BCUT2D eigenvalue weighted by atomic mass is 10.2. The van der Waals surface area contributed by atoms with Crippen molar-refractivity contribution in [3.8, 4) is 0 Å². The van der Waals surface area contributed by atoms with Gasteiger partial charge in [-0.1, -0.05) is 0 Å². The fourth-order valence-electron chi connectivity index (χ4n) is 3.27. The second-order valence-corrected chi connectivity index (χ2v) is 6.18. The maximum Gasteiger partial charge on any atom is 0.167 e. The quantitative estimate of drug-likeness (QED) is 0.501. The normalized spacial score (nSPS) is 33.7. The molecule has 0 radical (unpaired) electrons. The molecule has 5 atom stereocenters. The van der Waals surface area contributed by atoms with Gasteiger partial charge >= 0.3 is 0 Å². The fraction of sp³-hybridized carbons (Fsp3) is 0.643. The summed E-state index contributed by atoms with van der Waals surface area (Å²) >= 11 is 0. The Bertz CT molecular complexity index is 729. The fourth-order valence-corrected chi connectivity index (χ4v) is 3.27. The largest absolute Gasteiger partial charge is 0.394 e. The molecule has 10 nitrogen and oxygen atoms in total. The second-order valence-electron chi connectivity index (χ2n) is 6.18. The Morgan fingerprint density at radius 3 is 2.50 bits per heavy atom. The van der Waals surface area contributed by atoms with Gasteiger partial charge in [0.2, 0.25) is 0 Å². The summed E-state index contributed by atoms with van der Waals surface area (Å²) in [5.41, 5.74) is 1.07. The van der Waals surface area contributed by atoms with Crippen LogP contribution in [0.5, 0.6) is 0 Å². The summed E-state index contributed by atoms with van der Waals surface area (Å²) in [7, 11) is 0. The summed E-state index contributed by atoms with van der Waals surface area (Å²) in [5.74, 6) is 0.534. The molecule has 2 saturated heterocycles. The van der Waals surface area contributed by atoms with Crippen LogP contribution in [0.3, 0.4) is 0 Å². The van der Waals surface area contributed by atoms with E-state index in [1.807, 2.05) is 0 Å². The highest BCUT2D eigenvalue weighted by molar-refractivity contribution is 5.83. The number of fused-ring (bicyclic) bond motifs is 1. The van der Waals surface area contributed by atoms with Crippen molar-refractivity contribution >= 4 is 17.0 Å². The van der Waals surface area contributed by atoms with Crippen LogP contribution in [0, 0.1) is 0 Å². The first-order valence-electron chi connectivity index (χ1n) is 7.81. The van der Waals surface area contributed by atoms with Crippen LogP contribution in [0.1, 0.15) is 12.6 Å². The van der Waals surface area contributed by atoms with Gasteiger partial charge in [0.1, 0.15) is 18.7 Å². The second kappa shape index (κ2) is 5.90. The van der Waals surface area contributed by atoms with Crippen molar-refractivity contribution in [1.82, 2.24) is 19.5 Å². The zero-order valence-electron chi connectivity index (χ0n) is 12.8. The van der Waals surface area contributed by atoms with Gasteiger partial charge in [-0.3, -0.25) is 4.57 Å². The van der Waals surface area contributed by atoms with Gasteiger partial charge in [0.05, 0.1) is 31.2 Å². The Morgan fingerprint density at radius 1 is 1.08 bits per heavy atom. The molecule has 4 N–H and O–H groups in total. The van der Waals surface area contributed by atoms with Gasteiger partial charge in [0, 0.05) is 19.5 Å². The maximum absolute atomic E-state index is 9.90. The number of aliphatic hydroxyl groups is 4. The molecule has 130 valence electrons. The summed E-state index contributed by atoms with van der Waals surface area (Å²) in [6.45, 7) is 0.283. The van der Waals surface area contributed by atoms with Crippen LogP contribution < -0.4 is 4.90 Å². The standard InChI is InChI=1S/C14H19N5O5/c20-4-10-7(21)1-11(24-10)19-6-17-12-13(15-5-16-14(12)19)18-2-8(22)9(23)3-18/h5-11,20-23H,1-4H2/t7-,8?,9?,10+,11+/m0/s1. The lowest BCUT2D eigenvalue weighted by Crippen LogP contribution is -2.24. The molecule has 2 unspecified atom stereocenters. The van der Waals surface area contributed by atoms with Crippen molar-refractivity contribution in [2.45, 2.75) is 37.1 Å². The minimum Gasteiger partial charge on any atom is -0.394 e. The molecule has 0 aromatic carbocycles. The first kappa shape index (κ1) is 15.7. The zero-order chi connectivity index (χ0) is 16.8. The number of aromatic nitrogens is 4. The summed E-state index contributed by atoms with van der Waals surface area (Å²) < 4.78 is 7.34. The summed E-state index contributed by atoms with van der Waals surface area (Å²) in [5, 5.41) is 38.6. The molecule has 2 aliphatic rings. The molecule has 10 heteroatoms. The molecule has 4 heterocycles. The van der Waals surface area contributed by atoms with Crippen LogP contribution in [0.2, 0.25) is 0 Å². The third kappa shape index (κ3) is 2.43. The van der Waals surface area contributed by atoms with Gasteiger partial charge in [-0.2, -0.15) is 0 Å². The Hall–Kier alpha value is -1.85. The van der Waals surface area contributed by atoms with Crippen LogP contribution in [-0.4, -0.2) is 84.1 Å². The van der Waals surface area contributed by atoms with Crippen molar-refractivity contribution in [2.75, 3.05) is 24.6 Å². The van der Waals surface area contributed by atoms with Gasteiger partial charge in [0.15, 0.2) is 17.0 Å². The highest BCUT2D eigenvalue weighted by Gasteiger charge is 2.36. The molecule has 2 fully saturated rings. The summed E-state index contributed by atoms with van der Waals surface area (Å²) in [4.78, 5) is 14.6. The average Bonchev–Trinajstić information content (AvgIpc) is 3.24. The minimum atomic E-state index is -0.823. The van der Waals surface area contributed by atoms with Gasteiger partial charge in [-0.25, -0.2) is 15.0 Å². The van der Waals surface area contributed by atoms with E-state index in [1.165, 1.54) is 6.33 Å². The Labute approximate surface area is 137 Å². The van der Waals surface area contributed by atoms with Crippen molar-refractivity contribution in [1.29, 1.82) is 0 Å². The Morgan fingerprint density at radius 2 is 1.83 bits per heavy atom. The minimum absolute atomic E-state index is 0.256. The third-order valence-corrected chi connectivity index (χ3v) is 4.59. The number of anilines is 1. The summed E-state index contributed by atoms with van der Waals surface area (Å²) in [6, 6.07) is 0. The molecule has 0 spiro atoms. The number of hydrogen-bond acceptors (Lipinski definition) is 9. The van der Waals surface area contributed by atoms with Gasteiger partial charge in [-0.15, -0.1) is 0 Å². The predicted molar refractivity (Wildman–Crippen MR) is 81.2 cm³/mol. The molecular weight excluding hydrogens is 318 g/mol. The van der Waals surface area contributed by atoms with E-state index in [1.54, 1.807) is 15.8 Å².